The molecule has 0 N–H and O–H groups in total. The summed E-state index contributed by atoms with van der Waals surface area (Å²) in [5.74, 6) is 1.01. The molecule has 2 heteroatoms. The Balaban J connectivity index is 1.63. The summed E-state index contributed by atoms with van der Waals surface area (Å²) in [5.41, 5.74) is 0. The predicted molar refractivity (Wildman–Crippen MR) is 121 cm³/mol. The SMILES string of the molecule is CCCCCCCCCCCCCCCCCCCCCCC1=NCCO1. The van der Waals surface area contributed by atoms with Gasteiger partial charge in [-0.2, -0.15) is 0 Å². The zero-order valence-corrected chi connectivity index (χ0v) is 18.6. The molecule has 160 valence electrons. The zero-order valence-electron chi connectivity index (χ0n) is 18.6. The summed E-state index contributed by atoms with van der Waals surface area (Å²) in [5, 5.41) is 0. The van der Waals surface area contributed by atoms with E-state index in [4.69, 9.17) is 4.74 Å². The standard InChI is InChI=1S/C25H49NO/c1-2-3-4-5-6-7-8-9-10-11-12-13-14-15-16-17-18-19-20-21-22-25-26-23-24-27-25/h2-24H2,1H3. The van der Waals surface area contributed by atoms with Crippen molar-refractivity contribution < 1.29 is 4.74 Å². The predicted octanol–water partition coefficient (Wildman–Crippen LogP) is 8.63. The molecule has 0 aromatic heterocycles. The van der Waals surface area contributed by atoms with E-state index in [0.717, 1.165) is 25.5 Å². The van der Waals surface area contributed by atoms with E-state index in [1.807, 2.05) is 0 Å². The van der Waals surface area contributed by atoms with Crippen LogP contribution in [0.15, 0.2) is 4.99 Å². The van der Waals surface area contributed by atoms with Crippen LogP contribution in [-0.2, 0) is 4.74 Å². The molecule has 1 heterocycles. The van der Waals surface area contributed by atoms with Gasteiger partial charge in [0.25, 0.3) is 0 Å². The fourth-order valence-electron chi connectivity index (χ4n) is 4.06. The molecule has 0 fully saturated rings. The molecule has 0 saturated carbocycles. The van der Waals surface area contributed by atoms with Crippen molar-refractivity contribution in [1.82, 2.24) is 0 Å². The Kier molecular flexibility index (Phi) is 18.3. The van der Waals surface area contributed by atoms with Crippen LogP contribution in [0.2, 0.25) is 0 Å². The van der Waals surface area contributed by atoms with E-state index in [-0.39, 0.29) is 0 Å². The van der Waals surface area contributed by atoms with Crippen molar-refractivity contribution in [3.63, 3.8) is 0 Å². The molecule has 27 heavy (non-hydrogen) atoms. The van der Waals surface area contributed by atoms with Crippen LogP contribution < -0.4 is 0 Å². The minimum atomic E-state index is 0.814. The molecule has 0 unspecified atom stereocenters. The molecular formula is C25H49NO. The lowest BCUT2D eigenvalue weighted by atomic mass is 10.0. The van der Waals surface area contributed by atoms with Gasteiger partial charge < -0.3 is 4.74 Å². The third kappa shape index (κ3) is 17.3. The van der Waals surface area contributed by atoms with Gasteiger partial charge in [0.2, 0.25) is 0 Å². The summed E-state index contributed by atoms with van der Waals surface area (Å²) >= 11 is 0. The van der Waals surface area contributed by atoms with Crippen LogP contribution in [0, 0.1) is 0 Å². The molecule has 0 bridgehead atoms. The third-order valence-electron chi connectivity index (χ3n) is 5.89. The monoisotopic (exact) mass is 379 g/mol. The second-order valence-electron chi connectivity index (χ2n) is 8.59. The Morgan fingerprint density at radius 2 is 0.926 bits per heavy atom. The van der Waals surface area contributed by atoms with Gasteiger partial charge in [-0.3, -0.25) is 4.99 Å². The van der Waals surface area contributed by atoms with Gasteiger partial charge in [0.05, 0.1) is 6.54 Å². The Bertz CT molecular complexity index is 326. The third-order valence-corrected chi connectivity index (χ3v) is 5.89. The first-order chi connectivity index (χ1) is 13.4. The van der Waals surface area contributed by atoms with Gasteiger partial charge in [-0.1, -0.05) is 129 Å². The second kappa shape index (κ2) is 20.2. The van der Waals surface area contributed by atoms with E-state index in [9.17, 15) is 0 Å². The van der Waals surface area contributed by atoms with E-state index in [0.29, 0.717) is 0 Å². The molecule has 2 nitrogen and oxygen atoms in total. The van der Waals surface area contributed by atoms with Gasteiger partial charge in [0.15, 0.2) is 5.90 Å². The average Bonchev–Trinajstić information content (AvgIpc) is 3.20. The summed E-state index contributed by atoms with van der Waals surface area (Å²) < 4.78 is 5.44. The van der Waals surface area contributed by atoms with E-state index < -0.39 is 0 Å². The van der Waals surface area contributed by atoms with Crippen LogP contribution in [0.3, 0.4) is 0 Å². The number of unbranched alkanes of at least 4 members (excludes halogenated alkanes) is 19. The maximum atomic E-state index is 5.44. The molecule has 0 aromatic rings. The lowest BCUT2D eigenvalue weighted by Crippen LogP contribution is -1.98. The maximum absolute atomic E-state index is 5.44. The highest BCUT2D eigenvalue weighted by molar-refractivity contribution is 5.77. The first-order valence-electron chi connectivity index (χ1n) is 12.6. The molecule has 0 spiro atoms. The molecule has 0 aliphatic carbocycles. The second-order valence-corrected chi connectivity index (χ2v) is 8.59. The zero-order chi connectivity index (χ0) is 19.3. The number of rotatable bonds is 21. The van der Waals surface area contributed by atoms with Crippen LogP contribution in [0.25, 0.3) is 0 Å². The van der Waals surface area contributed by atoms with Crippen molar-refractivity contribution in [3.8, 4) is 0 Å². The minimum absolute atomic E-state index is 0.814. The van der Waals surface area contributed by atoms with Crippen molar-refractivity contribution in [2.24, 2.45) is 4.99 Å². The number of hydrogen-bond donors (Lipinski definition) is 0. The van der Waals surface area contributed by atoms with E-state index in [1.54, 1.807) is 0 Å². The molecule has 0 radical (unpaired) electrons. The van der Waals surface area contributed by atoms with Gasteiger partial charge in [-0.25, -0.2) is 0 Å². The molecule has 0 saturated heterocycles. The van der Waals surface area contributed by atoms with Crippen LogP contribution >= 0.6 is 0 Å². The summed E-state index contributed by atoms with van der Waals surface area (Å²) in [7, 11) is 0. The largest absolute Gasteiger partial charge is 0.479 e. The molecule has 1 aliphatic rings. The molecular weight excluding hydrogens is 330 g/mol. The average molecular weight is 380 g/mol. The van der Waals surface area contributed by atoms with Crippen molar-refractivity contribution in [2.75, 3.05) is 13.2 Å². The smallest absolute Gasteiger partial charge is 0.183 e. The summed E-state index contributed by atoms with van der Waals surface area (Å²) in [6.07, 6.45) is 29.9. The molecule has 1 rings (SSSR count). The first-order valence-corrected chi connectivity index (χ1v) is 12.6. The minimum Gasteiger partial charge on any atom is -0.479 e. The van der Waals surface area contributed by atoms with Crippen molar-refractivity contribution in [1.29, 1.82) is 0 Å². The van der Waals surface area contributed by atoms with Gasteiger partial charge >= 0.3 is 0 Å². The molecule has 0 aromatic carbocycles. The first kappa shape index (κ1) is 24.5. The highest BCUT2D eigenvalue weighted by atomic mass is 16.5. The van der Waals surface area contributed by atoms with E-state index in [1.165, 1.54) is 128 Å². The normalized spacial score (nSPS) is 13.7. The van der Waals surface area contributed by atoms with Crippen molar-refractivity contribution in [3.05, 3.63) is 0 Å². The molecule has 0 amide bonds. The Hall–Kier alpha value is -0.530. The molecule has 1 aliphatic heterocycles. The van der Waals surface area contributed by atoms with Gasteiger partial charge in [0.1, 0.15) is 6.61 Å². The van der Waals surface area contributed by atoms with E-state index in [2.05, 4.69) is 11.9 Å². The summed E-state index contributed by atoms with van der Waals surface area (Å²) in [6.45, 7) is 4.00. The number of ether oxygens (including phenoxy) is 1. The molecule has 0 atom stereocenters. The van der Waals surface area contributed by atoms with Gasteiger partial charge in [-0.05, 0) is 6.42 Å². The summed E-state index contributed by atoms with van der Waals surface area (Å²) in [6, 6.07) is 0. The van der Waals surface area contributed by atoms with Crippen molar-refractivity contribution >= 4 is 5.90 Å². The Morgan fingerprint density at radius 1 is 0.556 bits per heavy atom. The van der Waals surface area contributed by atoms with Gasteiger partial charge in [-0.15, -0.1) is 0 Å². The summed E-state index contributed by atoms with van der Waals surface area (Å²) in [4.78, 5) is 4.35. The van der Waals surface area contributed by atoms with Crippen molar-refractivity contribution in [2.45, 2.75) is 142 Å². The lowest BCUT2D eigenvalue weighted by Gasteiger charge is -2.04. The maximum Gasteiger partial charge on any atom is 0.183 e. The quantitative estimate of drug-likeness (QED) is 0.183. The number of hydrogen-bond acceptors (Lipinski definition) is 2. The van der Waals surface area contributed by atoms with Crippen LogP contribution in [-0.4, -0.2) is 19.0 Å². The van der Waals surface area contributed by atoms with Crippen LogP contribution in [0.4, 0.5) is 0 Å². The lowest BCUT2D eigenvalue weighted by molar-refractivity contribution is 0.336. The fraction of sp³-hybridized carbons (Fsp3) is 0.960. The van der Waals surface area contributed by atoms with E-state index >= 15 is 0 Å². The number of aliphatic imine (C=N–C) groups is 1. The Labute approximate surface area is 171 Å². The fourth-order valence-corrected chi connectivity index (χ4v) is 4.06. The topological polar surface area (TPSA) is 21.6 Å². The highest BCUT2D eigenvalue weighted by Gasteiger charge is 2.05. The van der Waals surface area contributed by atoms with Crippen LogP contribution in [0.5, 0.6) is 0 Å². The Morgan fingerprint density at radius 3 is 1.26 bits per heavy atom. The van der Waals surface area contributed by atoms with Gasteiger partial charge in [0, 0.05) is 6.42 Å². The van der Waals surface area contributed by atoms with Crippen LogP contribution in [0.1, 0.15) is 142 Å². The highest BCUT2D eigenvalue weighted by Crippen LogP contribution is 2.15. The number of nitrogens with zero attached hydrogens (tertiary/aromatic N) is 1.